The highest BCUT2D eigenvalue weighted by Crippen LogP contribution is 2.27. The standard InChI is InChI=1S/C25H26N4O/c1-16-14-17(2)27-24(26-16)29-28-21-15-23(30-22-9-7-6-8-20(21)22)18-10-12-19(13-11-18)25(3,4)5/h6-15H,1-5H3,(H,26,27,29)/b28-21-. The van der Waals surface area contributed by atoms with Gasteiger partial charge in [-0.15, -0.1) is 0 Å². The summed E-state index contributed by atoms with van der Waals surface area (Å²) in [6.45, 7) is 10.5. The molecular formula is C25H26N4O. The van der Waals surface area contributed by atoms with Gasteiger partial charge in [-0.3, -0.25) is 0 Å². The highest BCUT2D eigenvalue weighted by atomic mass is 16.3. The van der Waals surface area contributed by atoms with E-state index in [4.69, 9.17) is 4.42 Å². The summed E-state index contributed by atoms with van der Waals surface area (Å²) in [4.78, 5) is 8.81. The van der Waals surface area contributed by atoms with Gasteiger partial charge in [-0.05, 0) is 43.0 Å². The summed E-state index contributed by atoms with van der Waals surface area (Å²) < 4.78 is 6.19. The van der Waals surface area contributed by atoms with Crippen molar-refractivity contribution in [2.75, 3.05) is 5.43 Å². The number of nitrogens with one attached hydrogen (secondary N) is 1. The molecule has 1 N–H and O–H groups in total. The van der Waals surface area contributed by atoms with Gasteiger partial charge in [0.1, 0.15) is 11.3 Å². The molecule has 2 aromatic carbocycles. The smallest absolute Gasteiger partial charge is 0.243 e. The van der Waals surface area contributed by atoms with Crippen LogP contribution in [0.3, 0.4) is 0 Å². The SMILES string of the molecule is Cc1cc(C)nc(N/N=c2/cc(-c3ccc(C(C)(C)C)cc3)oc3ccccc23)n1. The van der Waals surface area contributed by atoms with E-state index in [1.165, 1.54) is 5.56 Å². The van der Waals surface area contributed by atoms with E-state index in [2.05, 4.69) is 65.5 Å². The number of hydrogen-bond acceptors (Lipinski definition) is 5. The molecule has 0 aliphatic carbocycles. The lowest BCUT2D eigenvalue weighted by Crippen LogP contribution is -2.11. The monoisotopic (exact) mass is 398 g/mol. The zero-order valence-corrected chi connectivity index (χ0v) is 18.0. The normalized spacial score (nSPS) is 12.4. The van der Waals surface area contributed by atoms with Crippen molar-refractivity contribution in [2.24, 2.45) is 5.10 Å². The van der Waals surface area contributed by atoms with Crippen molar-refractivity contribution in [1.29, 1.82) is 0 Å². The fourth-order valence-corrected chi connectivity index (χ4v) is 3.37. The second-order valence-corrected chi connectivity index (χ2v) is 8.52. The van der Waals surface area contributed by atoms with Crippen LogP contribution < -0.4 is 10.8 Å². The number of rotatable bonds is 3. The molecule has 0 amide bonds. The molecule has 0 atom stereocenters. The molecule has 5 heteroatoms. The zero-order valence-electron chi connectivity index (χ0n) is 18.0. The van der Waals surface area contributed by atoms with Crippen molar-refractivity contribution in [3.63, 3.8) is 0 Å². The molecule has 4 rings (SSSR count). The van der Waals surface area contributed by atoms with E-state index < -0.39 is 0 Å². The zero-order chi connectivity index (χ0) is 21.3. The summed E-state index contributed by atoms with van der Waals surface area (Å²) in [7, 11) is 0. The van der Waals surface area contributed by atoms with Gasteiger partial charge in [0.15, 0.2) is 0 Å². The van der Waals surface area contributed by atoms with Crippen LogP contribution in [0.5, 0.6) is 0 Å². The van der Waals surface area contributed by atoms with E-state index >= 15 is 0 Å². The van der Waals surface area contributed by atoms with Gasteiger partial charge in [-0.2, -0.15) is 5.10 Å². The lowest BCUT2D eigenvalue weighted by Gasteiger charge is -2.19. The minimum atomic E-state index is 0.107. The van der Waals surface area contributed by atoms with Crippen molar-refractivity contribution in [3.05, 3.63) is 83.0 Å². The molecule has 152 valence electrons. The van der Waals surface area contributed by atoms with Crippen LogP contribution in [0, 0.1) is 13.8 Å². The average molecular weight is 399 g/mol. The summed E-state index contributed by atoms with van der Waals surface area (Å²) in [6.07, 6.45) is 0. The van der Waals surface area contributed by atoms with Crippen LogP contribution in [0.4, 0.5) is 5.95 Å². The van der Waals surface area contributed by atoms with Crippen molar-refractivity contribution in [1.82, 2.24) is 9.97 Å². The molecule has 5 nitrogen and oxygen atoms in total. The summed E-state index contributed by atoms with van der Waals surface area (Å²) in [6, 6.07) is 20.3. The Morgan fingerprint density at radius 1 is 0.867 bits per heavy atom. The van der Waals surface area contributed by atoms with E-state index in [-0.39, 0.29) is 5.41 Å². The summed E-state index contributed by atoms with van der Waals surface area (Å²) in [5.74, 6) is 1.24. The fourth-order valence-electron chi connectivity index (χ4n) is 3.37. The van der Waals surface area contributed by atoms with Crippen LogP contribution in [0.2, 0.25) is 0 Å². The van der Waals surface area contributed by atoms with Crippen molar-refractivity contribution >= 4 is 16.9 Å². The Balaban J connectivity index is 1.79. The molecule has 2 heterocycles. The van der Waals surface area contributed by atoms with Crippen molar-refractivity contribution in [3.8, 4) is 11.3 Å². The Hall–Kier alpha value is -3.47. The van der Waals surface area contributed by atoms with Crippen LogP contribution >= 0.6 is 0 Å². The van der Waals surface area contributed by atoms with Crippen LogP contribution in [0.25, 0.3) is 22.3 Å². The Morgan fingerprint density at radius 2 is 1.53 bits per heavy atom. The Kier molecular flexibility index (Phi) is 5.12. The summed E-state index contributed by atoms with van der Waals surface area (Å²) in [5, 5.41) is 6.29. The van der Waals surface area contributed by atoms with Crippen molar-refractivity contribution < 1.29 is 4.42 Å². The number of benzene rings is 2. The predicted molar refractivity (Wildman–Crippen MR) is 121 cm³/mol. The quantitative estimate of drug-likeness (QED) is 0.448. The molecule has 0 saturated heterocycles. The van der Waals surface area contributed by atoms with Gasteiger partial charge in [0.2, 0.25) is 5.95 Å². The number of para-hydroxylation sites is 1. The summed E-state index contributed by atoms with van der Waals surface area (Å²) in [5.41, 5.74) is 7.97. The van der Waals surface area contributed by atoms with Crippen molar-refractivity contribution in [2.45, 2.75) is 40.0 Å². The first-order valence-electron chi connectivity index (χ1n) is 10.1. The van der Waals surface area contributed by atoms with Gasteiger partial charge in [-0.25, -0.2) is 15.4 Å². The van der Waals surface area contributed by atoms with Crippen LogP contribution in [-0.2, 0) is 5.41 Å². The Labute approximate surface area is 176 Å². The van der Waals surface area contributed by atoms with E-state index in [0.717, 1.165) is 39.0 Å². The molecule has 0 spiro atoms. The molecular weight excluding hydrogens is 372 g/mol. The number of hydrogen-bond donors (Lipinski definition) is 1. The largest absolute Gasteiger partial charge is 0.456 e. The fraction of sp³-hybridized carbons (Fsp3) is 0.240. The van der Waals surface area contributed by atoms with E-state index in [0.29, 0.717) is 5.95 Å². The molecule has 4 aromatic rings. The third kappa shape index (κ3) is 4.25. The summed E-state index contributed by atoms with van der Waals surface area (Å²) >= 11 is 0. The van der Waals surface area contributed by atoms with E-state index in [1.807, 2.05) is 50.2 Å². The second kappa shape index (κ2) is 7.75. The van der Waals surface area contributed by atoms with Gasteiger partial charge < -0.3 is 4.42 Å². The molecule has 0 fully saturated rings. The number of fused-ring (bicyclic) bond motifs is 1. The third-order valence-electron chi connectivity index (χ3n) is 4.94. The Morgan fingerprint density at radius 3 is 2.20 bits per heavy atom. The first-order chi connectivity index (χ1) is 14.3. The number of nitrogens with zero attached hydrogens (tertiary/aromatic N) is 3. The highest BCUT2D eigenvalue weighted by Gasteiger charge is 2.14. The molecule has 0 saturated carbocycles. The van der Waals surface area contributed by atoms with Gasteiger partial charge in [0, 0.05) is 28.4 Å². The predicted octanol–water partition coefficient (Wildman–Crippen LogP) is 5.73. The lowest BCUT2D eigenvalue weighted by atomic mass is 9.86. The van der Waals surface area contributed by atoms with Crippen LogP contribution in [-0.4, -0.2) is 9.97 Å². The van der Waals surface area contributed by atoms with E-state index in [1.54, 1.807) is 0 Å². The number of aromatic nitrogens is 2. The molecule has 0 radical (unpaired) electrons. The second-order valence-electron chi connectivity index (χ2n) is 8.52. The molecule has 0 bridgehead atoms. The first-order valence-corrected chi connectivity index (χ1v) is 10.1. The first kappa shape index (κ1) is 19.8. The van der Waals surface area contributed by atoms with Gasteiger partial charge in [0.25, 0.3) is 0 Å². The third-order valence-corrected chi connectivity index (χ3v) is 4.94. The van der Waals surface area contributed by atoms with Crippen LogP contribution in [0.15, 0.2) is 70.2 Å². The maximum Gasteiger partial charge on any atom is 0.243 e. The lowest BCUT2D eigenvalue weighted by molar-refractivity contribution is 0.589. The number of anilines is 1. The van der Waals surface area contributed by atoms with E-state index in [9.17, 15) is 0 Å². The molecule has 0 aliphatic heterocycles. The minimum absolute atomic E-state index is 0.107. The Bertz CT molecular complexity index is 1240. The van der Waals surface area contributed by atoms with Gasteiger partial charge in [-0.1, -0.05) is 57.2 Å². The molecule has 30 heavy (non-hydrogen) atoms. The molecule has 2 aromatic heterocycles. The molecule has 0 aliphatic rings. The van der Waals surface area contributed by atoms with Crippen LogP contribution in [0.1, 0.15) is 37.7 Å². The molecule has 0 unspecified atom stereocenters. The topological polar surface area (TPSA) is 63.3 Å². The average Bonchev–Trinajstić information content (AvgIpc) is 2.70. The van der Waals surface area contributed by atoms with Gasteiger partial charge in [0.05, 0.1) is 5.36 Å². The van der Waals surface area contributed by atoms with Gasteiger partial charge >= 0.3 is 0 Å². The maximum absolute atomic E-state index is 6.19. The number of aryl methyl sites for hydroxylation is 2. The minimum Gasteiger partial charge on any atom is -0.456 e. The highest BCUT2D eigenvalue weighted by molar-refractivity contribution is 5.78. The maximum atomic E-state index is 6.19.